The van der Waals surface area contributed by atoms with E-state index in [1.54, 1.807) is 0 Å². The molecule has 0 aromatic carbocycles. The fourth-order valence-electron chi connectivity index (χ4n) is 2.53. The molecule has 19 heavy (non-hydrogen) atoms. The van der Waals surface area contributed by atoms with E-state index < -0.39 is 0 Å². The van der Waals surface area contributed by atoms with E-state index in [0.29, 0.717) is 4.99 Å². The largest absolute Gasteiger partial charge is 0.392 e. The summed E-state index contributed by atoms with van der Waals surface area (Å²) >= 11 is 10.5. The number of thiophene rings is 1. The Morgan fingerprint density at radius 1 is 1.42 bits per heavy atom. The molecule has 0 aliphatic carbocycles. The summed E-state index contributed by atoms with van der Waals surface area (Å²) in [4.78, 5) is 6.98. The summed E-state index contributed by atoms with van der Waals surface area (Å²) in [5.41, 5.74) is 5.81. The maximum Gasteiger partial charge on any atom is 0.0901 e. The average Bonchev–Trinajstić information content (AvgIpc) is 2.77. The highest BCUT2D eigenvalue weighted by Crippen LogP contribution is 2.23. The summed E-state index contributed by atoms with van der Waals surface area (Å²) in [6.07, 6.45) is 1.01. The number of thiocarbonyl (C=S) groups is 1. The van der Waals surface area contributed by atoms with E-state index in [9.17, 15) is 0 Å². The molecule has 0 amide bonds. The molecule has 0 spiro atoms. The Morgan fingerprint density at radius 3 is 2.58 bits per heavy atom. The third kappa shape index (κ3) is 4.23. The standard InChI is InChI=1S/C13H20BrN3S2/c1-2-11(13(15)18)17-7-5-16(6-8-17)9-10-3-4-12(14)19-10/h3-4,11H,2,5-9H2,1H3,(H2,15,18). The van der Waals surface area contributed by atoms with E-state index in [-0.39, 0.29) is 6.04 Å². The van der Waals surface area contributed by atoms with Crippen LogP contribution in [-0.4, -0.2) is 47.0 Å². The molecular formula is C13H20BrN3S2. The van der Waals surface area contributed by atoms with Gasteiger partial charge in [-0.05, 0) is 34.5 Å². The van der Waals surface area contributed by atoms with Gasteiger partial charge in [-0.3, -0.25) is 9.80 Å². The Bertz CT molecular complexity index is 427. The van der Waals surface area contributed by atoms with Crippen molar-refractivity contribution in [2.24, 2.45) is 5.73 Å². The van der Waals surface area contributed by atoms with E-state index >= 15 is 0 Å². The summed E-state index contributed by atoms with van der Waals surface area (Å²) in [5.74, 6) is 0. The van der Waals surface area contributed by atoms with E-state index in [0.717, 1.165) is 39.1 Å². The first kappa shape index (κ1) is 15.4. The molecule has 2 N–H and O–H groups in total. The van der Waals surface area contributed by atoms with Crippen LogP contribution in [0.5, 0.6) is 0 Å². The van der Waals surface area contributed by atoms with Gasteiger partial charge in [0.1, 0.15) is 0 Å². The first-order valence-corrected chi connectivity index (χ1v) is 8.62. The molecule has 2 rings (SSSR count). The Hall–Kier alpha value is -0.0100. The van der Waals surface area contributed by atoms with Gasteiger partial charge < -0.3 is 5.73 Å². The average molecular weight is 362 g/mol. The van der Waals surface area contributed by atoms with Crippen LogP contribution >= 0.6 is 39.5 Å². The molecule has 3 nitrogen and oxygen atoms in total. The summed E-state index contributed by atoms with van der Waals surface area (Å²) in [6.45, 7) is 7.50. The number of halogens is 1. The summed E-state index contributed by atoms with van der Waals surface area (Å²) < 4.78 is 1.21. The van der Waals surface area contributed by atoms with E-state index in [2.05, 4.69) is 44.8 Å². The minimum Gasteiger partial charge on any atom is -0.392 e. The van der Waals surface area contributed by atoms with Crippen LogP contribution in [-0.2, 0) is 6.54 Å². The Kier molecular flexibility index (Phi) is 5.77. The summed E-state index contributed by atoms with van der Waals surface area (Å²) in [5, 5.41) is 0. The van der Waals surface area contributed by atoms with Crippen LogP contribution in [0.25, 0.3) is 0 Å². The molecule has 0 saturated carbocycles. The molecular weight excluding hydrogens is 342 g/mol. The predicted molar refractivity (Wildman–Crippen MR) is 89.7 cm³/mol. The topological polar surface area (TPSA) is 32.5 Å². The van der Waals surface area contributed by atoms with E-state index in [1.807, 2.05) is 11.3 Å². The Labute approximate surface area is 132 Å². The SMILES string of the molecule is CCC(C(N)=S)N1CCN(Cc2ccc(Br)s2)CC1. The predicted octanol–water partition coefficient (Wildman–Crippen LogP) is 2.69. The molecule has 0 radical (unpaired) electrons. The number of hydrogen-bond acceptors (Lipinski definition) is 4. The van der Waals surface area contributed by atoms with Crippen LogP contribution in [0.1, 0.15) is 18.2 Å². The third-order valence-corrected chi connectivity index (χ3v) is 5.45. The van der Waals surface area contributed by atoms with Gasteiger partial charge in [0.2, 0.25) is 0 Å². The van der Waals surface area contributed by atoms with Gasteiger partial charge in [0, 0.05) is 37.6 Å². The van der Waals surface area contributed by atoms with Crippen molar-refractivity contribution in [2.75, 3.05) is 26.2 Å². The van der Waals surface area contributed by atoms with Crippen molar-refractivity contribution in [3.63, 3.8) is 0 Å². The molecule has 1 atom stereocenters. The molecule has 1 aromatic rings. The summed E-state index contributed by atoms with van der Waals surface area (Å²) in [7, 11) is 0. The lowest BCUT2D eigenvalue weighted by Gasteiger charge is -2.38. The molecule has 1 saturated heterocycles. The zero-order chi connectivity index (χ0) is 13.8. The molecule has 1 fully saturated rings. The van der Waals surface area contributed by atoms with Gasteiger partial charge >= 0.3 is 0 Å². The lowest BCUT2D eigenvalue weighted by Crippen LogP contribution is -2.53. The highest BCUT2D eigenvalue weighted by Gasteiger charge is 2.24. The molecule has 6 heteroatoms. The zero-order valence-electron chi connectivity index (χ0n) is 11.1. The maximum atomic E-state index is 5.81. The lowest BCUT2D eigenvalue weighted by atomic mass is 10.1. The number of piperazine rings is 1. The lowest BCUT2D eigenvalue weighted by molar-refractivity contribution is 0.112. The van der Waals surface area contributed by atoms with Gasteiger partial charge in [-0.1, -0.05) is 19.1 Å². The van der Waals surface area contributed by atoms with Gasteiger partial charge in [-0.25, -0.2) is 0 Å². The van der Waals surface area contributed by atoms with Crippen LogP contribution in [0.2, 0.25) is 0 Å². The van der Waals surface area contributed by atoms with Crippen molar-refractivity contribution in [1.29, 1.82) is 0 Å². The van der Waals surface area contributed by atoms with Crippen molar-refractivity contribution in [3.05, 3.63) is 20.8 Å². The Balaban J connectivity index is 1.83. The number of nitrogens with two attached hydrogens (primary N) is 1. The summed E-state index contributed by atoms with van der Waals surface area (Å²) in [6, 6.07) is 4.59. The number of rotatable bonds is 5. The van der Waals surface area contributed by atoms with Crippen molar-refractivity contribution >= 4 is 44.5 Å². The van der Waals surface area contributed by atoms with Crippen molar-refractivity contribution in [2.45, 2.75) is 25.9 Å². The Morgan fingerprint density at radius 2 is 2.11 bits per heavy atom. The molecule has 2 heterocycles. The smallest absolute Gasteiger partial charge is 0.0901 e. The minimum absolute atomic E-state index is 0.271. The highest BCUT2D eigenvalue weighted by atomic mass is 79.9. The highest BCUT2D eigenvalue weighted by molar-refractivity contribution is 9.11. The van der Waals surface area contributed by atoms with Crippen molar-refractivity contribution < 1.29 is 0 Å². The maximum absolute atomic E-state index is 5.81. The molecule has 0 bridgehead atoms. The van der Waals surface area contributed by atoms with Gasteiger partial charge in [0.25, 0.3) is 0 Å². The normalized spacial score (nSPS) is 19.5. The second-order valence-corrected chi connectivity index (χ2v) is 7.86. The quantitative estimate of drug-likeness (QED) is 0.817. The van der Waals surface area contributed by atoms with Crippen LogP contribution in [0.15, 0.2) is 15.9 Å². The molecule has 106 valence electrons. The second kappa shape index (κ2) is 7.13. The third-order valence-electron chi connectivity index (χ3n) is 3.57. The van der Waals surface area contributed by atoms with Gasteiger partial charge in [-0.2, -0.15) is 0 Å². The molecule has 1 unspecified atom stereocenters. The minimum atomic E-state index is 0.271. The fourth-order valence-corrected chi connectivity index (χ4v) is 4.37. The number of nitrogens with zero attached hydrogens (tertiary/aromatic N) is 2. The van der Waals surface area contributed by atoms with Crippen molar-refractivity contribution in [1.82, 2.24) is 9.80 Å². The zero-order valence-corrected chi connectivity index (χ0v) is 14.4. The van der Waals surface area contributed by atoms with E-state index in [4.69, 9.17) is 18.0 Å². The van der Waals surface area contributed by atoms with E-state index in [1.165, 1.54) is 8.66 Å². The number of hydrogen-bond donors (Lipinski definition) is 1. The van der Waals surface area contributed by atoms with Gasteiger partial charge in [0.15, 0.2) is 0 Å². The first-order chi connectivity index (χ1) is 9.10. The second-order valence-electron chi connectivity index (χ2n) is 4.84. The first-order valence-electron chi connectivity index (χ1n) is 6.60. The fraction of sp³-hybridized carbons (Fsp3) is 0.615. The van der Waals surface area contributed by atoms with Crippen LogP contribution in [0, 0.1) is 0 Å². The molecule has 1 aliphatic heterocycles. The monoisotopic (exact) mass is 361 g/mol. The molecule has 1 aliphatic rings. The van der Waals surface area contributed by atoms with Crippen LogP contribution in [0.3, 0.4) is 0 Å². The van der Waals surface area contributed by atoms with Gasteiger partial charge in [0.05, 0.1) is 14.8 Å². The van der Waals surface area contributed by atoms with Crippen LogP contribution < -0.4 is 5.73 Å². The van der Waals surface area contributed by atoms with Crippen LogP contribution in [0.4, 0.5) is 0 Å². The molecule has 1 aromatic heterocycles. The van der Waals surface area contributed by atoms with Crippen molar-refractivity contribution in [3.8, 4) is 0 Å². The van der Waals surface area contributed by atoms with Gasteiger partial charge in [-0.15, -0.1) is 11.3 Å².